The quantitative estimate of drug-likeness (QED) is 0.225. The summed E-state index contributed by atoms with van der Waals surface area (Å²) in [6, 6.07) is 11.5. The highest BCUT2D eigenvalue weighted by molar-refractivity contribution is 6.31. The van der Waals surface area contributed by atoms with Crippen LogP contribution in [0.5, 0.6) is 17.5 Å². The Balaban J connectivity index is 1.37. The van der Waals surface area contributed by atoms with Crippen molar-refractivity contribution in [3.8, 4) is 17.5 Å². The van der Waals surface area contributed by atoms with Crippen LogP contribution in [-0.2, 0) is 11.4 Å². The number of rotatable bonds is 12. The van der Waals surface area contributed by atoms with Crippen molar-refractivity contribution in [3.63, 3.8) is 0 Å². The largest absolute Gasteiger partial charge is 0.463 e. The third-order valence-electron chi connectivity index (χ3n) is 5.00. The van der Waals surface area contributed by atoms with Gasteiger partial charge in [-0.05, 0) is 55.2 Å². The molecule has 33 heavy (non-hydrogen) atoms. The lowest BCUT2D eigenvalue weighted by Crippen LogP contribution is -2.07. The minimum Gasteiger partial charge on any atom is -0.463 e. The van der Waals surface area contributed by atoms with Gasteiger partial charge < -0.3 is 24.4 Å². The number of ether oxygens (including phenoxy) is 3. The van der Waals surface area contributed by atoms with Gasteiger partial charge in [-0.2, -0.15) is 9.97 Å². The zero-order valence-electron chi connectivity index (χ0n) is 17.8. The lowest BCUT2D eigenvalue weighted by Gasteiger charge is -2.12. The second-order valence-corrected chi connectivity index (χ2v) is 7.81. The maximum Gasteiger partial charge on any atom is 0.318 e. The van der Waals surface area contributed by atoms with Crippen LogP contribution < -0.4 is 19.5 Å². The van der Waals surface area contributed by atoms with Gasteiger partial charge in [0.05, 0.1) is 18.7 Å². The smallest absolute Gasteiger partial charge is 0.318 e. The number of fused-ring (bicyclic) bond motifs is 2. The van der Waals surface area contributed by atoms with E-state index in [0.29, 0.717) is 30.4 Å². The summed E-state index contributed by atoms with van der Waals surface area (Å²) in [6.07, 6.45) is 3.08. The molecule has 1 N–H and O–H groups in total. The maximum absolute atomic E-state index is 10.1. The highest BCUT2D eigenvalue weighted by Gasteiger charge is 2.14. The molecule has 0 fully saturated rings. The summed E-state index contributed by atoms with van der Waals surface area (Å²) < 4.78 is 16.6. The van der Waals surface area contributed by atoms with Crippen LogP contribution in [0.4, 0.5) is 5.82 Å². The average Bonchev–Trinajstić information content (AvgIpc) is 3.27. The van der Waals surface area contributed by atoms with Gasteiger partial charge in [0.1, 0.15) is 5.82 Å². The monoisotopic (exact) mass is 474 g/mol. The Bertz CT molecular complexity index is 1130. The highest BCUT2D eigenvalue weighted by Crippen LogP contribution is 2.33. The molecule has 10 nitrogen and oxygen atoms in total. The van der Waals surface area contributed by atoms with E-state index >= 15 is 0 Å². The van der Waals surface area contributed by atoms with E-state index in [0.717, 1.165) is 47.2 Å². The van der Waals surface area contributed by atoms with E-state index < -0.39 is 5.09 Å². The number of nitrogens with one attached hydrogen (secondary N) is 1. The van der Waals surface area contributed by atoms with Gasteiger partial charge in [-0.3, -0.25) is 0 Å². The summed E-state index contributed by atoms with van der Waals surface area (Å²) in [5.41, 5.74) is 1.73. The van der Waals surface area contributed by atoms with E-state index in [1.807, 2.05) is 30.3 Å². The molecule has 0 unspecified atom stereocenters. The van der Waals surface area contributed by atoms with Crippen LogP contribution in [-0.4, -0.2) is 35.1 Å². The molecule has 3 aromatic rings. The SMILES string of the molecule is O=[N+]([O-])OCCCCCCOc1nc(NCc2ccc3c(c2)OCO3)c2cc(Cl)ccc2n1. The number of halogens is 1. The molecule has 0 amide bonds. The second kappa shape index (κ2) is 10.9. The van der Waals surface area contributed by atoms with Gasteiger partial charge in [-0.15, -0.1) is 10.1 Å². The zero-order chi connectivity index (χ0) is 23.0. The van der Waals surface area contributed by atoms with E-state index in [9.17, 15) is 10.1 Å². The molecule has 2 heterocycles. The average molecular weight is 475 g/mol. The van der Waals surface area contributed by atoms with E-state index in [1.165, 1.54) is 0 Å². The van der Waals surface area contributed by atoms with Crippen LogP contribution in [0, 0.1) is 10.1 Å². The van der Waals surface area contributed by atoms with Gasteiger partial charge >= 0.3 is 6.01 Å². The molecule has 4 rings (SSSR count). The van der Waals surface area contributed by atoms with Crippen molar-refractivity contribution in [2.75, 3.05) is 25.3 Å². The van der Waals surface area contributed by atoms with Gasteiger partial charge in [0, 0.05) is 17.0 Å². The standard InChI is InChI=1S/C22H23ClN4O6/c23-16-6-7-18-17(12-16)21(24-13-15-5-8-19-20(11-15)32-14-31-19)26-22(25-18)30-9-3-1-2-4-10-33-27(28)29/h5-8,11-12H,1-4,9-10,13-14H2,(H,24,25,26). The molecule has 1 aromatic heterocycles. The van der Waals surface area contributed by atoms with Gasteiger partial charge in [0.15, 0.2) is 11.5 Å². The van der Waals surface area contributed by atoms with Crippen LogP contribution in [0.2, 0.25) is 5.02 Å². The van der Waals surface area contributed by atoms with Crippen LogP contribution in [0.1, 0.15) is 31.2 Å². The summed E-state index contributed by atoms with van der Waals surface area (Å²) in [6.45, 7) is 1.30. The van der Waals surface area contributed by atoms with Gasteiger partial charge in [-0.25, -0.2) is 0 Å². The fourth-order valence-electron chi connectivity index (χ4n) is 3.38. The van der Waals surface area contributed by atoms with Crippen LogP contribution >= 0.6 is 11.6 Å². The second-order valence-electron chi connectivity index (χ2n) is 7.38. The summed E-state index contributed by atoms with van der Waals surface area (Å²) >= 11 is 6.19. The Morgan fingerprint density at radius 2 is 1.85 bits per heavy atom. The lowest BCUT2D eigenvalue weighted by molar-refractivity contribution is -0.757. The summed E-state index contributed by atoms with van der Waals surface area (Å²) in [5, 5.41) is 14.1. The third-order valence-corrected chi connectivity index (χ3v) is 5.24. The number of unbranched alkanes of at least 4 members (excludes halogenated alkanes) is 3. The molecule has 0 spiro atoms. The fraction of sp³-hybridized carbons (Fsp3) is 0.364. The predicted molar refractivity (Wildman–Crippen MR) is 121 cm³/mol. The first-order valence-electron chi connectivity index (χ1n) is 10.6. The molecule has 11 heteroatoms. The van der Waals surface area contributed by atoms with Crippen molar-refractivity contribution in [2.24, 2.45) is 0 Å². The maximum atomic E-state index is 10.1. The number of hydrogen-bond donors (Lipinski definition) is 1. The van der Waals surface area contributed by atoms with E-state index in [4.69, 9.17) is 25.8 Å². The number of benzene rings is 2. The molecule has 174 valence electrons. The first-order chi connectivity index (χ1) is 16.1. The molecular weight excluding hydrogens is 452 g/mol. The van der Waals surface area contributed by atoms with Gasteiger partial charge in [0.25, 0.3) is 5.09 Å². The normalized spacial score (nSPS) is 12.0. The molecule has 1 aliphatic heterocycles. The zero-order valence-corrected chi connectivity index (χ0v) is 18.5. The Hall–Kier alpha value is -3.53. The van der Waals surface area contributed by atoms with Gasteiger partial charge in [0.2, 0.25) is 6.79 Å². The van der Waals surface area contributed by atoms with Crippen molar-refractivity contribution in [2.45, 2.75) is 32.2 Å². The van der Waals surface area contributed by atoms with Crippen LogP contribution in [0.15, 0.2) is 36.4 Å². The molecule has 2 aromatic carbocycles. The molecule has 0 radical (unpaired) electrons. The van der Waals surface area contributed by atoms with E-state index in [2.05, 4.69) is 20.1 Å². The number of aromatic nitrogens is 2. The fourth-order valence-corrected chi connectivity index (χ4v) is 3.55. The topological polar surface area (TPSA) is 118 Å². The minimum absolute atomic E-state index is 0.114. The first-order valence-corrected chi connectivity index (χ1v) is 11.0. The van der Waals surface area contributed by atoms with Crippen molar-refractivity contribution < 1.29 is 24.1 Å². The minimum atomic E-state index is -0.772. The molecule has 0 aliphatic carbocycles. The number of anilines is 1. The Morgan fingerprint density at radius 3 is 2.70 bits per heavy atom. The van der Waals surface area contributed by atoms with Crippen molar-refractivity contribution in [3.05, 3.63) is 57.1 Å². The molecular formula is C22H23ClN4O6. The van der Waals surface area contributed by atoms with Crippen molar-refractivity contribution >= 4 is 28.3 Å². The highest BCUT2D eigenvalue weighted by atomic mass is 35.5. The van der Waals surface area contributed by atoms with E-state index in [-0.39, 0.29) is 19.4 Å². The molecule has 0 saturated carbocycles. The molecule has 0 saturated heterocycles. The molecule has 0 bridgehead atoms. The number of hydrogen-bond acceptors (Lipinski definition) is 9. The van der Waals surface area contributed by atoms with Gasteiger partial charge in [-0.1, -0.05) is 24.1 Å². The van der Waals surface area contributed by atoms with E-state index in [1.54, 1.807) is 6.07 Å². The van der Waals surface area contributed by atoms with Crippen LogP contribution in [0.3, 0.4) is 0 Å². The Kier molecular flexibility index (Phi) is 7.46. The molecule has 1 aliphatic rings. The summed E-state index contributed by atoms with van der Waals surface area (Å²) in [7, 11) is 0. The predicted octanol–water partition coefficient (Wildman–Crippen LogP) is 4.77. The lowest BCUT2D eigenvalue weighted by atomic mass is 10.2. The summed E-state index contributed by atoms with van der Waals surface area (Å²) in [4.78, 5) is 23.5. The number of nitrogens with zero attached hydrogens (tertiary/aromatic N) is 3. The van der Waals surface area contributed by atoms with Crippen molar-refractivity contribution in [1.29, 1.82) is 0 Å². The van der Waals surface area contributed by atoms with Crippen LogP contribution in [0.25, 0.3) is 10.9 Å². The summed E-state index contributed by atoms with van der Waals surface area (Å²) in [5.74, 6) is 2.07. The third kappa shape index (κ3) is 6.26. The first kappa shape index (κ1) is 22.7. The Morgan fingerprint density at radius 1 is 1.03 bits per heavy atom. The molecule has 0 atom stereocenters. The Labute approximate surface area is 194 Å². The van der Waals surface area contributed by atoms with Crippen molar-refractivity contribution in [1.82, 2.24) is 9.97 Å².